The predicted octanol–water partition coefficient (Wildman–Crippen LogP) is 1.32. The number of amides is 1. The third kappa shape index (κ3) is 2.72. The van der Waals surface area contributed by atoms with Gasteiger partial charge in [-0.1, -0.05) is 0 Å². The van der Waals surface area contributed by atoms with Crippen molar-refractivity contribution in [2.45, 2.75) is 44.7 Å². The summed E-state index contributed by atoms with van der Waals surface area (Å²) in [5.74, 6) is 0.0206. The normalized spacial score (nSPS) is 23.9. The largest absolute Gasteiger partial charge is 0.337 e. The van der Waals surface area contributed by atoms with E-state index in [0.717, 1.165) is 31.4 Å². The number of rotatable bonds is 3. The van der Waals surface area contributed by atoms with Gasteiger partial charge in [-0.05, 0) is 45.7 Å². The highest BCUT2D eigenvalue weighted by atomic mass is 16.2. The van der Waals surface area contributed by atoms with E-state index in [1.165, 1.54) is 0 Å². The second-order valence-corrected chi connectivity index (χ2v) is 5.15. The Morgan fingerprint density at radius 3 is 2.61 bits per heavy atom. The zero-order valence-corrected chi connectivity index (χ0v) is 11.4. The first-order valence-electron chi connectivity index (χ1n) is 6.58. The summed E-state index contributed by atoms with van der Waals surface area (Å²) in [6.45, 7) is 1.90. The van der Waals surface area contributed by atoms with Crippen LogP contribution in [0.4, 0.5) is 0 Å². The van der Waals surface area contributed by atoms with Crippen molar-refractivity contribution in [2.24, 2.45) is 0 Å². The topological polar surface area (TPSA) is 61.0 Å². The quantitative estimate of drug-likeness (QED) is 0.850. The van der Waals surface area contributed by atoms with Crippen molar-refractivity contribution in [1.29, 1.82) is 0 Å². The maximum absolute atomic E-state index is 12.2. The number of nitrogens with zero attached hydrogens (tertiary/aromatic N) is 2. The van der Waals surface area contributed by atoms with Gasteiger partial charge in [-0.15, -0.1) is 0 Å². The number of aromatic amines is 1. The SMILES string of the molecule is CNC1CCC(N(C)C(=O)c2cc(C)[nH]n2)CC1. The molecule has 100 valence electrons. The van der Waals surface area contributed by atoms with E-state index in [2.05, 4.69) is 15.5 Å². The zero-order valence-electron chi connectivity index (χ0n) is 11.4. The summed E-state index contributed by atoms with van der Waals surface area (Å²) in [5, 5.41) is 10.2. The molecule has 1 saturated carbocycles. The van der Waals surface area contributed by atoms with Gasteiger partial charge in [0.2, 0.25) is 0 Å². The van der Waals surface area contributed by atoms with Gasteiger partial charge in [-0.3, -0.25) is 9.89 Å². The fraction of sp³-hybridized carbons (Fsp3) is 0.692. The Bertz CT molecular complexity index is 407. The lowest BCUT2D eigenvalue weighted by Crippen LogP contribution is -2.42. The van der Waals surface area contributed by atoms with E-state index in [9.17, 15) is 4.79 Å². The van der Waals surface area contributed by atoms with Crippen LogP contribution in [0, 0.1) is 6.92 Å². The van der Waals surface area contributed by atoms with Gasteiger partial charge in [0, 0.05) is 24.8 Å². The number of nitrogens with one attached hydrogen (secondary N) is 2. The van der Waals surface area contributed by atoms with E-state index in [4.69, 9.17) is 0 Å². The Kier molecular flexibility index (Phi) is 4.01. The minimum absolute atomic E-state index is 0.0206. The second-order valence-electron chi connectivity index (χ2n) is 5.15. The van der Waals surface area contributed by atoms with Crippen molar-refractivity contribution >= 4 is 5.91 Å². The van der Waals surface area contributed by atoms with Crippen LogP contribution in [0.2, 0.25) is 0 Å². The molecule has 0 atom stereocenters. The smallest absolute Gasteiger partial charge is 0.274 e. The Balaban J connectivity index is 1.95. The zero-order chi connectivity index (χ0) is 13.1. The molecule has 5 heteroatoms. The van der Waals surface area contributed by atoms with Gasteiger partial charge in [0.05, 0.1) is 0 Å². The molecule has 0 aromatic carbocycles. The van der Waals surface area contributed by atoms with Gasteiger partial charge in [0.15, 0.2) is 0 Å². The van der Waals surface area contributed by atoms with Crippen molar-refractivity contribution < 1.29 is 4.79 Å². The van der Waals surface area contributed by atoms with E-state index < -0.39 is 0 Å². The number of aromatic nitrogens is 2. The monoisotopic (exact) mass is 250 g/mol. The molecule has 1 heterocycles. The molecule has 0 bridgehead atoms. The lowest BCUT2D eigenvalue weighted by Gasteiger charge is -2.34. The number of carbonyl (C=O) groups excluding carboxylic acids is 1. The first-order chi connectivity index (χ1) is 8.61. The van der Waals surface area contributed by atoms with Gasteiger partial charge >= 0.3 is 0 Å². The van der Waals surface area contributed by atoms with Crippen LogP contribution in [-0.2, 0) is 0 Å². The van der Waals surface area contributed by atoms with E-state index >= 15 is 0 Å². The number of hydrogen-bond acceptors (Lipinski definition) is 3. The van der Waals surface area contributed by atoms with Gasteiger partial charge in [-0.25, -0.2) is 0 Å². The Hall–Kier alpha value is -1.36. The molecule has 1 aromatic rings. The van der Waals surface area contributed by atoms with Crippen LogP contribution >= 0.6 is 0 Å². The highest BCUT2D eigenvalue weighted by molar-refractivity contribution is 5.92. The highest BCUT2D eigenvalue weighted by Gasteiger charge is 2.27. The fourth-order valence-corrected chi connectivity index (χ4v) is 2.63. The molecule has 0 radical (unpaired) electrons. The molecule has 0 spiro atoms. The molecular weight excluding hydrogens is 228 g/mol. The third-order valence-electron chi connectivity index (χ3n) is 3.90. The molecule has 0 saturated heterocycles. The lowest BCUT2D eigenvalue weighted by molar-refractivity contribution is 0.0679. The molecule has 1 fully saturated rings. The molecule has 2 rings (SSSR count). The summed E-state index contributed by atoms with van der Waals surface area (Å²) in [6.07, 6.45) is 4.41. The average Bonchev–Trinajstić information content (AvgIpc) is 2.84. The standard InChI is InChI=1S/C13H22N4O/c1-9-8-12(16-15-9)13(18)17(3)11-6-4-10(14-2)5-7-11/h8,10-11,14H,4-7H2,1-3H3,(H,15,16). The van der Waals surface area contributed by atoms with Gasteiger partial charge in [0.25, 0.3) is 5.91 Å². The van der Waals surface area contributed by atoms with Gasteiger partial charge in [0.1, 0.15) is 5.69 Å². The van der Waals surface area contributed by atoms with Gasteiger partial charge in [-0.2, -0.15) is 5.10 Å². The molecule has 18 heavy (non-hydrogen) atoms. The molecule has 2 N–H and O–H groups in total. The van der Waals surface area contributed by atoms with Crippen LogP contribution in [0.5, 0.6) is 0 Å². The van der Waals surface area contributed by atoms with Crippen LogP contribution in [0.3, 0.4) is 0 Å². The molecule has 5 nitrogen and oxygen atoms in total. The van der Waals surface area contributed by atoms with E-state index in [1.807, 2.05) is 25.9 Å². The Morgan fingerprint density at radius 1 is 1.44 bits per heavy atom. The average molecular weight is 250 g/mol. The summed E-state index contributed by atoms with van der Waals surface area (Å²) in [5.41, 5.74) is 1.44. The molecule has 1 aliphatic carbocycles. The number of aryl methyl sites for hydroxylation is 1. The highest BCUT2D eigenvalue weighted by Crippen LogP contribution is 2.23. The summed E-state index contributed by atoms with van der Waals surface area (Å²) in [6, 6.07) is 2.76. The van der Waals surface area contributed by atoms with Crippen LogP contribution in [0.15, 0.2) is 6.07 Å². The molecule has 1 amide bonds. The van der Waals surface area contributed by atoms with E-state index in [-0.39, 0.29) is 5.91 Å². The van der Waals surface area contributed by atoms with Gasteiger partial charge < -0.3 is 10.2 Å². The molecule has 0 aliphatic heterocycles. The summed E-state index contributed by atoms with van der Waals surface area (Å²) < 4.78 is 0. The van der Waals surface area contributed by atoms with Crippen molar-refractivity contribution in [3.05, 3.63) is 17.5 Å². The minimum atomic E-state index is 0.0206. The first-order valence-corrected chi connectivity index (χ1v) is 6.58. The maximum atomic E-state index is 12.2. The first kappa shape index (κ1) is 13.1. The van der Waals surface area contributed by atoms with Crippen molar-refractivity contribution in [2.75, 3.05) is 14.1 Å². The number of carbonyl (C=O) groups is 1. The van der Waals surface area contributed by atoms with Crippen molar-refractivity contribution in [1.82, 2.24) is 20.4 Å². The van der Waals surface area contributed by atoms with E-state index in [0.29, 0.717) is 17.8 Å². The van der Waals surface area contributed by atoms with Crippen LogP contribution in [0.1, 0.15) is 41.9 Å². The van der Waals surface area contributed by atoms with Crippen LogP contribution < -0.4 is 5.32 Å². The Labute approximate surface area is 108 Å². The summed E-state index contributed by atoms with van der Waals surface area (Å²) in [4.78, 5) is 14.1. The Morgan fingerprint density at radius 2 is 2.11 bits per heavy atom. The predicted molar refractivity (Wildman–Crippen MR) is 70.5 cm³/mol. The second kappa shape index (κ2) is 5.52. The lowest BCUT2D eigenvalue weighted by atomic mass is 9.90. The molecule has 0 unspecified atom stereocenters. The molecular formula is C13H22N4O. The number of hydrogen-bond donors (Lipinski definition) is 2. The molecule has 1 aliphatic rings. The number of H-pyrrole nitrogens is 1. The summed E-state index contributed by atoms with van der Waals surface area (Å²) >= 11 is 0. The maximum Gasteiger partial charge on any atom is 0.274 e. The van der Waals surface area contributed by atoms with Crippen LogP contribution in [0.25, 0.3) is 0 Å². The summed E-state index contributed by atoms with van der Waals surface area (Å²) in [7, 11) is 3.89. The third-order valence-corrected chi connectivity index (χ3v) is 3.90. The van der Waals surface area contributed by atoms with Crippen molar-refractivity contribution in [3.8, 4) is 0 Å². The van der Waals surface area contributed by atoms with Crippen LogP contribution in [-0.4, -0.2) is 47.2 Å². The van der Waals surface area contributed by atoms with Crippen molar-refractivity contribution in [3.63, 3.8) is 0 Å². The van der Waals surface area contributed by atoms with E-state index in [1.54, 1.807) is 6.07 Å². The fourth-order valence-electron chi connectivity index (χ4n) is 2.63. The minimum Gasteiger partial charge on any atom is -0.337 e. The molecule has 1 aromatic heterocycles.